The Morgan fingerprint density at radius 1 is 1.33 bits per heavy atom. The second-order valence-electron chi connectivity index (χ2n) is 5.15. The first kappa shape index (κ1) is 13.9. The molecule has 2 saturated heterocycles. The van der Waals surface area contributed by atoms with Gasteiger partial charge >= 0.3 is 0 Å². The number of nitrogens with one attached hydrogen (secondary N) is 1. The summed E-state index contributed by atoms with van der Waals surface area (Å²) >= 11 is 0. The average Bonchev–Trinajstić information content (AvgIpc) is 2.45. The number of nitrogens with zero attached hydrogens (tertiary/aromatic N) is 2. The van der Waals surface area contributed by atoms with Crippen molar-refractivity contribution in [2.24, 2.45) is 0 Å². The van der Waals surface area contributed by atoms with Crippen molar-refractivity contribution in [2.45, 2.75) is 31.5 Å². The standard InChI is InChI=1S/C13H25N3O2/c1-18-10-9-15-7-2-8-16(13(15)11-17)12-3-5-14-6-4-12/h11-14H,2-10H2,1H3. The Balaban J connectivity index is 1.96. The predicted octanol–water partition coefficient (Wildman–Crippen LogP) is -0.0825. The van der Waals surface area contributed by atoms with Gasteiger partial charge in [-0.05, 0) is 32.4 Å². The molecule has 0 bridgehead atoms. The highest BCUT2D eigenvalue weighted by molar-refractivity contribution is 5.57. The monoisotopic (exact) mass is 255 g/mol. The zero-order valence-electron chi connectivity index (χ0n) is 11.3. The zero-order chi connectivity index (χ0) is 12.8. The minimum absolute atomic E-state index is 0.0444. The van der Waals surface area contributed by atoms with Crippen LogP contribution in [-0.4, -0.2) is 74.7 Å². The molecule has 0 aromatic heterocycles. The predicted molar refractivity (Wildman–Crippen MR) is 70.5 cm³/mol. The molecular weight excluding hydrogens is 230 g/mol. The fourth-order valence-electron chi connectivity index (χ4n) is 3.08. The van der Waals surface area contributed by atoms with Gasteiger partial charge in [0.1, 0.15) is 6.17 Å². The molecule has 2 aliphatic rings. The van der Waals surface area contributed by atoms with Crippen molar-refractivity contribution in [3.8, 4) is 0 Å². The van der Waals surface area contributed by atoms with Crippen LogP contribution in [0.25, 0.3) is 0 Å². The molecule has 2 aliphatic heterocycles. The van der Waals surface area contributed by atoms with Crippen LogP contribution in [0, 0.1) is 0 Å². The van der Waals surface area contributed by atoms with Crippen LogP contribution in [0.3, 0.4) is 0 Å². The molecule has 0 aromatic rings. The van der Waals surface area contributed by atoms with Crippen molar-refractivity contribution in [3.63, 3.8) is 0 Å². The van der Waals surface area contributed by atoms with Crippen LogP contribution in [0.4, 0.5) is 0 Å². The Labute approximate surface area is 109 Å². The molecule has 104 valence electrons. The van der Waals surface area contributed by atoms with E-state index in [0.29, 0.717) is 12.6 Å². The highest BCUT2D eigenvalue weighted by Crippen LogP contribution is 2.20. The molecule has 0 aliphatic carbocycles. The van der Waals surface area contributed by atoms with Crippen LogP contribution < -0.4 is 5.32 Å². The van der Waals surface area contributed by atoms with Crippen LogP contribution in [0.15, 0.2) is 0 Å². The lowest BCUT2D eigenvalue weighted by Crippen LogP contribution is -2.60. The minimum Gasteiger partial charge on any atom is -0.383 e. The summed E-state index contributed by atoms with van der Waals surface area (Å²) in [6.07, 6.45) is 4.52. The minimum atomic E-state index is -0.0444. The number of piperidine rings is 1. The van der Waals surface area contributed by atoms with Crippen molar-refractivity contribution in [3.05, 3.63) is 0 Å². The highest BCUT2D eigenvalue weighted by atomic mass is 16.5. The largest absolute Gasteiger partial charge is 0.383 e. The smallest absolute Gasteiger partial charge is 0.151 e. The van der Waals surface area contributed by atoms with Crippen molar-refractivity contribution >= 4 is 6.29 Å². The van der Waals surface area contributed by atoms with Gasteiger partial charge in [0.15, 0.2) is 6.29 Å². The summed E-state index contributed by atoms with van der Waals surface area (Å²) in [7, 11) is 1.71. The lowest BCUT2D eigenvalue weighted by atomic mass is 10.0. The summed E-state index contributed by atoms with van der Waals surface area (Å²) in [5, 5.41) is 3.38. The van der Waals surface area contributed by atoms with Gasteiger partial charge in [-0.3, -0.25) is 9.80 Å². The number of rotatable bonds is 5. The van der Waals surface area contributed by atoms with Gasteiger partial charge < -0.3 is 14.8 Å². The Morgan fingerprint density at radius 3 is 2.78 bits per heavy atom. The molecule has 1 unspecified atom stereocenters. The molecule has 2 fully saturated rings. The molecule has 0 radical (unpaired) electrons. The van der Waals surface area contributed by atoms with Crippen LogP contribution in [0.2, 0.25) is 0 Å². The van der Waals surface area contributed by atoms with Gasteiger partial charge in [0.2, 0.25) is 0 Å². The van der Waals surface area contributed by atoms with E-state index in [-0.39, 0.29) is 6.17 Å². The molecule has 5 heteroatoms. The highest BCUT2D eigenvalue weighted by Gasteiger charge is 2.33. The first-order chi connectivity index (χ1) is 8.86. The van der Waals surface area contributed by atoms with E-state index in [0.717, 1.165) is 58.3 Å². The summed E-state index contributed by atoms with van der Waals surface area (Å²) in [6.45, 7) is 5.76. The van der Waals surface area contributed by atoms with Crippen LogP contribution in [-0.2, 0) is 9.53 Å². The Bertz CT molecular complexity index is 257. The van der Waals surface area contributed by atoms with Gasteiger partial charge in [-0.25, -0.2) is 0 Å². The van der Waals surface area contributed by atoms with E-state index in [1.54, 1.807) is 7.11 Å². The van der Waals surface area contributed by atoms with Gasteiger partial charge in [-0.1, -0.05) is 0 Å². The molecule has 18 heavy (non-hydrogen) atoms. The first-order valence-electron chi connectivity index (χ1n) is 7.01. The molecular formula is C13H25N3O2. The lowest BCUT2D eigenvalue weighted by molar-refractivity contribution is -0.125. The van der Waals surface area contributed by atoms with Crippen LogP contribution in [0.5, 0.6) is 0 Å². The van der Waals surface area contributed by atoms with Gasteiger partial charge in [0, 0.05) is 32.8 Å². The van der Waals surface area contributed by atoms with Crippen molar-refractivity contribution in [2.75, 3.05) is 46.4 Å². The molecule has 0 saturated carbocycles. The number of hydrogen-bond acceptors (Lipinski definition) is 5. The average molecular weight is 255 g/mol. The van der Waals surface area contributed by atoms with E-state index >= 15 is 0 Å². The summed E-state index contributed by atoms with van der Waals surface area (Å²) < 4.78 is 5.13. The fourth-order valence-corrected chi connectivity index (χ4v) is 3.08. The third-order valence-electron chi connectivity index (χ3n) is 4.06. The number of hydrogen-bond donors (Lipinski definition) is 1. The number of methoxy groups -OCH3 is 1. The molecule has 0 amide bonds. The van der Waals surface area contributed by atoms with E-state index in [4.69, 9.17) is 4.74 Å². The van der Waals surface area contributed by atoms with Gasteiger partial charge in [-0.15, -0.1) is 0 Å². The maximum absolute atomic E-state index is 11.4. The number of ether oxygens (including phenoxy) is 1. The summed E-state index contributed by atoms with van der Waals surface area (Å²) in [5.74, 6) is 0. The Hall–Kier alpha value is -0.490. The lowest BCUT2D eigenvalue weighted by Gasteiger charge is -2.46. The summed E-state index contributed by atoms with van der Waals surface area (Å²) in [5.41, 5.74) is 0. The van der Waals surface area contributed by atoms with Gasteiger partial charge in [-0.2, -0.15) is 0 Å². The third kappa shape index (κ3) is 3.29. The normalized spacial score (nSPS) is 28.4. The van der Waals surface area contributed by atoms with Crippen molar-refractivity contribution in [1.29, 1.82) is 0 Å². The van der Waals surface area contributed by atoms with Gasteiger partial charge in [0.25, 0.3) is 0 Å². The number of carbonyl (C=O) groups excluding carboxylic acids is 1. The number of carbonyl (C=O) groups is 1. The van der Waals surface area contributed by atoms with Gasteiger partial charge in [0.05, 0.1) is 6.61 Å². The Kier molecular flexibility index (Phi) is 5.56. The molecule has 2 rings (SSSR count). The topological polar surface area (TPSA) is 44.8 Å². The maximum atomic E-state index is 11.4. The van der Waals surface area contributed by atoms with E-state index in [9.17, 15) is 4.79 Å². The number of aldehydes is 1. The fraction of sp³-hybridized carbons (Fsp3) is 0.923. The molecule has 1 atom stereocenters. The molecule has 0 spiro atoms. The van der Waals surface area contributed by atoms with Crippen LogP contribution in [0.1, 0.15) is 19.3 Å². The summed E-state index contributed by atoms with van der Waals surface area (Å²) in [4.78, 5) is 16.1. The van der Waals surface area contributed by atoms with E-state index in [1.165, 1.54) is 0 Å². The van der Waals surface area contributed by atoms with Crippen molar-refractivity contribution < 1.29 is 9.53 Å². The zero-order valence-corrected chi connectivity index (χ0v) is 11.3. The second-order valence-corrected chi connectivity index (χ2v) is 5.15. The molecule has 2 heterocycles. The first-order valence-corrected chi connectivity index (χ1v) is 7.01. The SMILES string of the molecule is COCCN1CCCN(C2CCNCC2)C1C=O. The molecule has 0 aromatic carbocycles. The third-order valence-corrected chi connectivity index (χ3v) is 4.06. The molecule has 5 nitrogen and oxygen atoms in total. The van der Waals surface area contributed by atoms with Crippen molar-refractivity contribution in [1.82, 2.24) is 15.1 Å². The second kappa shape index (κ2) is 7.19. The quantitative estimate of drug-likeness (QED) is 0.696. The maximum Gasteiger partial charge on any atom is 0.151 e. The Morgan fingerprint density at radius 2 is 2.11 bits per heavy atom. The molecule has 1 N–H and O–H groups in total. The van der Waals surface area contributed by atoms with E-state index in [1.807, 2.05) is 0 Å². The van der Waals surface area contributed by atoms with E-state index in [2.05, 4.69) is 15.1 Å². The van der Waals surface area contributed by atoms with Crippen LogP contribution >= 0.6 is 0 Å². The summed E-state index contributed by atoms with van der Waals surface area (Å²) in [6, 6.07) is 0.562. The van der Waals surface area contributed by atoms with E-state index < -0.39 is 0 Å².